The molecule has 1 saturated heterocycles. The lowest BCUT2D eigenvalue weighted by atomic mass is 10.1. The molecule has 0 unspecified atom stereocenters. The van der Waals surface area contributed by atoms with Gasteiger partial charge in [-0.3, -0.25) is 9.69 Å². The van der Waals surface area contributed by atoms with Gasteiger partial charge in [0.05, 0.1) is 17.2 Å². The molecule has 2 aliphatic heterocycles. The van der Waals surface area contributed by atoms with Crippen molar-refractivity contribution in [1.82, 2.24) is 0 Å². The molecule has 30 heavy (non-hydrogen) atoms. The van der Waals surface area contributed by atoms with Gasteiger partial charge < -0.3 is 18.9 Å². The summed E-state index contributed by atoms with van der Waals surface area (Å²) in [5.74, 6) is 2.30. The molecule has 0 spiro atoms. The minimum absolute atomic E-state index is 0.172. The molecule has 1 amide bonds. The zero-order chi connectivity index (χ0) is 21.1. The van der Waals surface area contributed by atoms with Crippen LogP contribution in [-0.4, -0.2) is 30.2 Å². The number of amides is 1. The lowest BCUT2D eigenvalue weighted by Gasteiger charge is -2.14. The van der Waals surface area contributed by atoms with Crippen molar-refractivity contribution in [2.75, 3.05) is 24.9 Å². The van der Waals surface area contributed by atoms with Gasteiger partial charge in [0.2, 0.25) is 6.79 Å². The first kappa shape index (κ1) is 20.3. The first-order valence-electron chi connectivity index (χ1n) is 9.29. The summed E-state index contributed by atoms with van der Waals surface area (Å²) in [5.41, 5.74) is 1.46. The van der Waals surface area contributed by atoms with E-state index in [1.807, 2.05) is 25.1 Å². The molecule has 0 aromatic heterocycles. The molecule has 0 N–H and O–H groups in total. The molecule has 154 valence electrons. The highest BCUT2D eigenvalue weighted by molar-refractivity contribution is 8.27. The zero-order valence-electron chi connectivity index (χ0n) is 16.3. The van der Waals surface area contributed by atoms with Crippen molar-refractivity contribution in [3.63, 3.8) is 0 Å². The van der Waals surface area contributed by atoms with Gasteiger partial charge in [-0.05, 0) is 42.8 Å². The largest absolute Gasteiger partial charge is 0.490 e. The second-order valence-corrected chi connectivity index (χ2v) is 7.97. The summed E-state index contributed by atoms with van der Waals surface area (Å²) < 4.78 is 22.5. The van der Waals surface area contributed by atoms with E-state index in [0.29, 0.717) is 51.1 Å². The van der Waals surface area contributed by atoms with E-state index >= 15 is 0 Å². The van der Waals surface area contributed by atoms with Crippen LogP contribution in [-0.2, 0) is 4.79 Å². The SMILES string of the molecule is C=CCOc1ccc(C=C2SC(=S)N(c3ccc4c(c3)OCO4)C2=O)cc1OCC. The van der Waals surface area contributed by atoms with E-state index in [0.717, 1.165) is 5.56 Å². The van der Waals surface area contributed by atoms with Gasteiger partial charge in [0.15, 0.2) is 27.3 Å². The minimum Gasteiger partial charge on any atom is -0.490 e. The van der Waals surface area contributed by atoms with Crippen molar-refractivity contribution in [1.29, 1.82) is 0 Å². The number of ether oxygens (including phenoxy) is 4. The molecule has 0 aliphatic carbocycles. The summed E-state index contributed by atoms with van der Waals surface area (Å²) >= 11 is 6.71. The fourth-order valence-corrected chi connectivity index (χ4v) is 4.32. The lowest BCUT2D eigenvalue weighted by molar-refractivity contribution is -0.113. The summed E-state index contributed by atoms with van der Waals surface area (Å²) in [5, 5.41) is 0. The normalized spacial score (nSPS) is 16.3. The standard InChI is InChI=1S/C22H19NO5S2/c1-3-9-26-16-7-5-14(10-18(16)25-4-2)11-20-21(24)23(22(29)30-20)15-6-8-17-19(12-15)28-13-27-17/h3,5-8,10-12H,1,4,9,13H2,2H3. The van der Waals surface area contributed by atoms with Crippen LogP contribution < -0.4 is 23.8 Å². The quantitative estimate of drug-likeness (QED) is 0.348. The lowest BCUT2D eigenvalue weighted by Crippen LogP contribution is -2.27. The van der Waals surface area contributed by atoms with Crippen LogP contribution in [0.3, 0.4) is 0 Å². The number of carbonyl (C=O) groups excluding carboxylic acids is 1. The Morgan fingerprint density at radius 3 is 2.80 bits per heavy atom. The molecular weight excluding hydrogens is 422 g/mol. The highest BCUT2D eigenvalue weighted by atomic mass is 32.2. The molecule has 0 bridgehead atoms. The van der Waals surface area contributed by atoms with E-state index in [4.69, 9.17) is 31.2 Å². The van der Waals surface area contributed by atoms with Gasteiger partial charge in [-0.2, -0.15) is 0 Å². The highest BCUT2D eigenvalue weighted by Gasteiger charge is 2.34. The Kier molecular flexibility index (Phi) is 5.96. The molecule has 0 saturated carbocycles. The summed E-state index contributed by atoms with van der Waals surface area (Å²) in [6, 6.07) is 10.9. The third kappa shape index (κ3) is 4.01. The maximum Gasteiger partial charge on any atom is 0.270 e. The van der Waals surface area contributed by atoms with Crippen LogP contribution in [0.25, 0.3) is 6.08 Å². The molecular formula is C22H19NO5S2. The third-order valence-electron chi connectivity index (χ3n) is 4.33. The van der Waals surface area contributed by atoms with Crippen LogP contribution in [0.4, 0.5) is 5.69 Å². The second kappa shape index (κ2) is 8.81. The molecule has 4 rings (SSSR count). The van der Waals surface area contributed by atoms with Gasteiger partial charge in [-0.25, -0.2) is 0 Å². The Morgan fingerprint density at radius 1 is 1.17 bits per heavy atom. The fraction of sp³-hybridized carbons (Fsp3) is 0.182. The molecule has 1 fully saturated rings. The van der Waals surface area contributed by atoms with Crippen LogP contribution in [0.15, 0.2) is 54.0 Å². The number of anilines is 1. The van der Waals surface area contributed by atoms with Crippen molar-refractivity contribution in [3.05, 3.63) is 59.5 Å². The number of nitrogens with zero attached hydrogens (tertiary/aromatic N) is 1. The second-order valence-electron chi connectivity index (χ2n) is 6.29. The number of benzene rings is 2. The van der Waals surface area contributed by atoms with Crippen molar-refractivity contribution in [2.45, 2.75) is 6.92 Å². The summed E-state index contributed by atoms with van der Waals surface area (Å²) in [7, 11) is 0. The fourth-order valence-electron chi connectivity index (χ4n) is 3.02. The molecule has 2 aliphatic rings. The van der Waals surface area contributed by atoms with E-state index in [-0.39, 0.29) is 12.7 Å². The van der Waals surface area contributed by atoms with Crippen molar-refractivity contribution >= 4 is 46.0 Å². The predicted octanol–water partition coefficient (Wildman–Crippen LogP) is 4.78. The first-order valence-corrected chi connectivity index (χ1v) is 10.5. The van der Waals surface area contributed by atoms with Gasteiger partial charge >= 0.3 is 0 Å². The summed E-state index contributed by atoms with van der Waals surface area (Å²) in [6.07, 6.45) is 3.47. The average Bonchev–Trinajstić information content (AvgIpc) is 3.31. The van der Waals surface area contributed by atoms with Gasteiger partial charge in [-0.15, -0.1) is 0 Å². The van der Waals surface area contributed by atoms with E-state index in [1.54, 1.807) is 30.4 Å². The monoisotopic (exact) mass is 441 g/mol. The number of thiocarbonyl (C=S) groups is 1. The maximum atomic E-state index is 13.1. The van der Waals surface area contributed by atoms with E-state index < -0.39 is 0 Å². The average molecular weight is 442 g/mol. The first-order chi connectivity index (χ1) is 14.6. The van der Waals surface area contributed by atoms with Gasteiger partial charge in [0.1, 0.15) is 6.61 Å². The molecule has 2 aromatic carbocycles. The number of hydrogen-bond donors (Lipinski definition) is 0. The molecule has 0 radical (unpaired) electrons. The van der Waals surface area contributed by atoms with Gasteiger partial charge in [0, 0.05) is 6.07 Å². The van der Waals surface area contributed by atoms with E-state index in [1.165, 1.54) is 16.7 Å². The molecule has 2 aromatic rings. The molecule has 2 heterocycles. The third-order valence-corrected chi connectivity index (χ3v) is 5.63. The minimum atomic E-state index is -0.186. The predicted molar refractivity (Wildman–Crippen MR) is 122 cm³/mol. The Balaban J connectivity index is 1.60. The van der Waals surface area contributed by atoms with Crippen LogP contribution in [0.1, 0.15) is 12.5 Å². The number of thioether (sulfide) groups is 1. The van der Waals surface area contributed by atoms with Gasteiger partial charge in [-0.1, -0.05) is 42.7 Å². The maximum absolute atomic E-state index is 13.1. The summed E-state index contributed by atoms with van der Waals surface area (Å²) in [6.45, 7) is 6.62. The zero-order valence-corrected chi connectivity index (χ0v) is 17.9. The van der Waals surface area contributed by atoms with Crippen LogP contribution in [0.5, 0.6) is 23.0 Å². The Labute approximate surface area is 184 Å². The highest BCUT2D eigenvalue weighted by Crippen LogP contribution is 2.41. The molecule has 8 heteroatoms. The topological polar surface area (TPSA) is 57.2 Å². The van der Waals surface area contributed by atoms with Crippen LogP contribution >= 0.6 is 24.0 Å². The molecule has 0 atom stereocenters. The Hall–Kier alpha value is -2.97. The Bertz CT molecular complexity index is 1050. The van der Waals surface area contributed by atoms with Crippen molar-refractivity contribution in [3.8, 4) is 23.0 Å². The number of carbonyl (C=O) groups is 1. The summed E-state index contributed by atoms with van der Waals surface area (Å²) in [4.78, 5) is 15.1. The molecule has 6 nitrogen and oxygen atoms in total. The van der Waals surface area contributed by atoms with Gasteiger partial charge in [0.25, 0.3) is 5.91 Å². The smallest absolute Gasteiger partial charge is 0.270 e. The van der Waals surface area contributed by atoms with Crippen LogP contribution in [0, 0.1) is 0 Å². The number of rotatable bonds is 7. The van der Waals surface area contributed by atoms with Crippen LogP contribution in [0.2, 0.25) is 0 Å². The number of fused-ring (bicyclic) bond motifs is 1. The Morgan fingerprint density at radius 2 is 2.00 bits per heavy atom. The van der Waals surface area contributed by atoms with Crippen molar-refractivity contribution < 1.29 is 23.7 Å². The van der Waals surface area contributed by atoms with Crippen molar-refractivity contribution in [2.24, 2.45) is 0 Å². The van der Waals surface area contributed by atoms with E-state index in [9.17, 15) is 4.79 Å². The van der Waals surface area contributed by atoms with E-state index in [2.05, 4.69) is 6.58 Å². The number of hydrogen-bond acceptors (Lipinski definition) is 7.